The molecule has 1 aliphatic carbocycles. The van der Waals surface area contributed by atoms with Gasteiger partial charge in [-0.3, -0.25) is 10.3 Å². The van der Waals surface area contributed by atoms with Gasteiger partial charge in [-0.1, -0.05) is 24.3 Å². The highest BCUT2D eigenvalue weighted by Crippen LogP contribution is 2.35. The molecule has 1 atom stereocenters. The first-order valence-corrected chi connectivity index (χ1v) is 5.06. The first kappa shape index (κ1) is 9.72. The van der Waals surface area contributed by atoms with Crippen LogP contribution in [0.15, 0.2) is 24.3 Å². The third kappa shape index (κ3) is 1.59. The fraction of sp³-hybridized carbons (Fsp3) is 0.333. The molecule has 1 N–H and O–H groups in total. The van der Waals surface area contributed by atoms with Gasteiger partial charge in [-0.2, -0.15) is 5.26 Å². The molecule has 0 saturated carbocycles. The Morgan fingerprint density at radius 2 is 2.27 bits per heavy atom. The van der Waals surface area contributed by atoms with E-state index in [1.807, 2.05) is 12.1 Å². The van der Waals surface area contributed by atoms with Crippen LogP contribution in [0.25, 0.3) is 0 Å². The van der Waals surface area contributed by atoms with E-state index in [-0.39, 0.29) is 6.04 Å². The summed E-state index contributed by atoms with van der Waals surface area (Å²) < 4.78 is 0. The smallest absolute Gasteiger partial charge is 0.185 e. The number of hydrogen-bond donors (Lipinski definition) is 1. The summed E-state index contributed by atoms with van der Waals surface area (Å²) in [6.07, 6.45) is 4.03. The molecule has 76 valence electrons. The van der Waals surface area contributed by atoms with Crippen LogP contribution in [0.3, 0.4) is 0 Å². The number of benzene rings is 1. The molecule has 0 fully saturated rings. The van der Waals surface area contributed by atoms with Crippen molar-refractivity contribution in [1.82, 2.24) is 4.90 Å². The van der Waals surface area contributed by atoms with Crippen molar-refractivity contribution < 1.29 is 0 Å². The molecule has 0 amide bonds. The van der Waals surface area contributed by atoms with Crippen LogP contribution >= 0.6 is 0 Å². The molecule has 3 nitrogen and oxygen atoms in total. The van der Waals surface area contributed by atoms with Crippen LogP contribution in [0.1, 0.15) is 30.5 Å². The summed E-state index contributed by atoms with van der Waals surface area (Å²) in [6.45, 7) is 1.66. The summed E-state index contributed by atoms with van der Waals surface area (Å²) in [5, 5.41) is 16.6. The molecule has 0 aromatic heterocycles. The first-order chi connectivity index (χ1) is 7.24. The lowest BCUT2D eigenvalue weighted by molar-refractivity contribution is 0.419. The maximum absolute atomic E-state index is 9.02. The molecular formula is C12H13N3. The molecule has 0 spiro atoms. The van der Waals surface area contributed by atoms with E-state index in [1.54, 1.807) is 6.92 Å². The summed E-state index contributed by atoms with van der Waals surface area (Å²) in [6, 6.07) is 8.25. The van der Waals surface area contributed by atoms with E-state index in [1.165, 1.54) is 16.0 Å². The van der Waals surface area contributed by atoms with Gasteiger partial charge in [-0.05, 0) is 30.9 Å². The zero-order chi connectivity index (χ0) is 10.8. The third-order valence-corrected chi connectivity index (χ3v) is 2.88. The monoisotopic (exact) mass is 199 g/mol. The van der Waals surface area contributed by atoms with Gasteiger partial charge in [0.1, 0.15) is 5.84 Å². The van der Waals surface area contributed by atoms with Gasteiger partial charge < -0.3 is 0 Å². The summed E-state index contributed by atoms with van der Waals surface area (Å²) in [5.41, 5.74) is 2.51. The quantitative estimate of drug-likeness (QED) is 0.327. The van der Waals surface area contributed by atoms with Crippen LogP contribution < -0.4 is 0 Å². The van der Waals surface area contributed by atoms with Gasteiger partial charge in [0.2, 0.25) is 0 Å². The Kier molecular flexibility index (Phi) is 2.42. The summed E-state index contributed by atoms with van der Waals surface area (Å²) >= 11 is 0. The predicted octanol–water partition coefficient (Wildman–Crippen LogP) is 2.45. The number of hydrogen-bond acceptors (Lipinski definition) is 2. The topological polar surface area (TPSA) is 50.9 Å². The lowest BCUT2D eigenvalue weighted by Gasteiger charge is -2.22. The largest absolute Gasteiger partial charge is 0.288 e. The number of nitriles is 1. The van der Waals surface area contributed by atoms with Crippen molar-refractivity contribution in [1.29, 1.82) is 10.7 Å². The zero-order valence-corrected chi connectivity index (χ0v) is 8.70. The Hall–Kier alpha value is -1.82. The van der Waals surface area contributed by atoms with Gasteiger partial charge in [-0.15, -0.1) is 0 Å². The van der Waals surface area contributed by atoms with Crippen molar-refractivity contribution in [2.45, 2.75) is 25.8 Å². The Morgan fingerprint density at radius 1 is 1.53 bits per heavy atom. The Morgan fingerprint density at radius 3 is 2.93 bits per heavy atom. The van der Waals surface area contributed by atoms with Crippen LogP contribution in [0, 0.1) is 16.9 Å². The van der Waals surface area contributed by atoms with E-state index in [4.69, 9.17) is 10.7 Å². The second-order valence-electron chi connectivity index (χ2n) is 3.81. The number of amidine groups is 1. The fourth-order valence-electron chi connectivity index (χ4n) is 2.18. The van der Waals surface area contributed by atoms with E-state index in [0.29, 0.717) is 5.84 Å². The summed E-state index contributed by atoms with van der Waals surface area (Å²) in [7, 11) is 0. The second-order valence-corrected chi connectivity index (χ2v) is 3.81. The third-order valence-electron chi connectivity index (χ3n) is 2.88. The molecule has 0 saturated heterocycles. The molecule has 3 heteroatoms. The van der Waals surface area contributed by atoms with E-state index >= 15 is 0 Å². The van der Waals surface area contributed by atoms with Crippen molar-refractivity contribution in [2.75, 3.05) is 0 Å². The van der Waals surface area contributed by atoms with Gasteiger partial charge in [0, 0.05) is 0 Å². The van der Waals surface area contributed by atoms with Gasteiger partial charge in [0.15, 0.2) is 6.19 Å². The first-order valence-electron chi connectivity index (χ1n) is 5.06. The van der Waals surface area contributed by atoms with Gasteiger partial charge in [-0.25, -0.2) is 0 Å². The van der Waals surface area contributed by atoms with Crippen molar-refractivity contribution in [3.63, 3.8) is 0 Å². The minimum atomic E-state index is 0.0729. The number of nitrogens with one attached hydrogen (secondary N) is 1. The molecule has 0 radical (unpaired) electrons. The molecule has 15 heavy (non-hydrogen) atoms. The lowest BCUT2D eigenvalue weighted by Crippen LogP contribution is -2.26. The Labute approximate surface area is 89.5 Å². The van der Waals surface area contributed by atoms with Crippen LogP contribution in [-0.4, -0.2) is 10.7 Å². The maximum atomic E-state index is 9.02. The van der Waals surface area contributed by atoms with E-state index in [9.17, 15) is 0 Å². The average molecular weight is 199 g/mol. The van der Waals surface area contributed by atoms with E-state index in [0.717, 1.165) is 12.8 Å². The highest BCUT2D eigenvalue weighted by Gasteiger charge is 2.27. The van der Waals surface area contributed by atoms with Crippen molar-refractivity contribution in [2.24, 2.45) is 0 Å². The number of aryl methyl sites for hydroxylation is 1. The SMILES string of the molecule is CC(=N)N(C#N)C1CCc2ccccc21. The molecule has 0 bridgehead atoms. The zero-order valence-electron chi connectivity index (χ0n) is 8.70. The molecule has 2 rings (SSSR count). The molecule has 1 unspecified atom stereocenters. The number of nitrogens with zero attached hydrogens (tertiary/aromatic N) is 2. The molecule has 1 aromatic rings. The highest BCUT2D eigenvalue weighted by molar-refractivity contribution is 5.78. The normalized spacial score (nSPS) is 18.0. The predicted molar refractivity (Wildman–Crippen MR) is 58.4 cm³/mol. The summed E-state index contributed by atoms with van der Waals surface area (Å²) in [4.78, 5) is 1.49. The van der Waals surface area contributed by atoms with E-state index in [2.05, 4.69) is 18.3 Å². The molecule has 1 aliphatic rings. The molecule has 0 aliphatic heterocycles. The highest BCUT2D eigenvalue weighted by atomic mass is 15.2. The summed E-state index contributed by atoms with van der Waals surface area (Å²) in [5.74, 6) is 0.319. The maximum Gasteiger partial charge on any atom is 0.185 e. The molecule has 1 aromatic carbocycles. The van der Waals surface area contributed by atoms with Crippen molar-refractivity contribution >= 4 is 5.84 Å². The Balaban J connectivity index is 2.35. The van der Waals surface area contributed by atoms with Crippen molar-refractivity contribution in [3.05, 3.63) is 35.4 Å². The number of rotatable bonds is 1. The second kappa shape index (κ2) is 3.74. The fourth-order valence-corrected chi connectivity index (χ4v) is 2.18. The van der Waals surface area contributed by atoms with Gasteiger partial charge in [0.25, 0.3) is 0 Å². The molecular weight excluding hydrogens is 186 g/mol. The average Bonchev–Trinajstić information content (AvgIpc) is 2.63. The van der Waals surface area contributed by atoms with Gasteiger partial charge in [0.05, 0.1) is 6.04 Å². The van der Waals surface area contributed by atoms with Crippen LogP contribution in [-0.2, 0) is 6.42 Å². The molecule has 0 heterocycles. The van der Waals surface area contributed by atoms with E-state index < -0.39 is 0 Å². The standard InChI is InChI=1S/C12H13N3/c1-9(14)15(8-13)12-7-6-10-4-2-3-5-11(10)12/h2-5,12,14H,6-7H2,1H3. The minimum Gasteiger partial charge on any atom is -0.288 e. The van der Waals surface area contributed by atoms with Gasteiger partial charge >= 0.3 is 0 Å². The van der Waals surface area contributed by atoms with Crippen molar-refractivity contribution in [3.8, 4) is 6.19 Å². The lowest BCUT2D eigenvalue weighted by atomic mass is 10.1. The minimum absolute atomic E-state index is 0.0729. The Bertz CT molecular complexity index is 431. The van der Waals surface area contributed by atoms with Crippen LogP contribution in [0.5, 0.6) is 0 Å². The van der Waals surface area contributed by atoms with Crippen LogP contribution in [0.2, 0.25) is 0 Å². The van der Waals surface area contributed by atoms with Crippen LogP contribution in [0.4, 0.5) is 0 Å². The number of fused-ring (bicyclic) bond motifs is 1.